The third-order valence-electron chi connectivity index (χ3n) is 3.58. The Morgan fingerprint density at radius 3 is 2.52 bits per heavy atom. The molecule has 1 aromatic carbocycles. The standard InChI is InChI=1S/C16H23BrN2O2/c1-16(2,3)21-15(20)18(4)14-9-10-19(11-14)13-7-5-12(17)6-8-13/h5-8,14H,9-11H2,1-4H3/t14-/m1/s1. The van der Waals surface area contributed by atoms with Gasteiger partial charge in [-0.15, -0.1) is 0 Å². The Morgan fingerprint density at radius 1 is 1.33 bits per heavy atom. The van der Waals surface area contributed by atoms with E-state index in [0.717, 1.165) is 24.0 Å². The number of amides is 1. The van der Waals surface area contributed by atoms with Gasteiger partial charge >= 0.3 is 6.09 Å². The van der Waals surface area contributed by atoms with Crippen LogP contribution in [0.1, 0.15) is 27.2 Å². The minimum absolute atomic E-state index is 0.198. The highest BCUT2D eigenvalue weighted by Crippen LogP contribution is 2.25. The summed E-state index contributed by atoms with van der Waals surface area (Å²) < 4.78 is 6.51. The Morgan fingerprint density at radius 2 is 1.95 bits per heavy atom. The zero-order valence-electron chi connectivity index (χ0n) is 13.1. The van der Waals surface area contributed by atoms with Gasteiger partial charge in [-0.25, -0.2) is 4.79 Å². The number of hydrogen-bond donors (Lipinski definition) is 0. The fraction of sp³-hybridized carbons (Fsp3) is 0.562. The molecule has 0 aliphatic carbocycles. The molecular formula is C16H23BrN2O2. The van der Waals surface area contributed by atoms with Crippen molar-refractivity contribution in [3.05, 3.63) is 28.7 Å². The molecule has 4 nitrogen and oxygen atoms in total. The Hall–Kier alpha value is -1.23. The van der Waals surface area contributed by atoms with Gasteiger partial charge in [-0.3, -0.25) is 0 Å². The number of ether oxygens (including phenoxy) is 1. The van der Waals surface area contributed by atoms with Crippen molar-refractivity contribution in [2.24, 2.45) is 0 Å². The number of anilines is 1. The van der Waals surface area contributed by atoms with Gasteiger partial charge in [-0.2, -0.15) is 0 Å². The lowest BCUT2D eigenvalue weighted by Gasteiger charge is -2.28. The van der Waals surface area contributed by atoms with Gasteiger partial charge in [-0.1, -0.05) is 15.9 Å². The number of benzene rings is 1. The minimum Gasteiger partial charge on any atom is -0.444 e. The lowest BCUT2D eigenvalue weighted by Crippen LogP contribution is -2.42. The SMILES string of the molecule is CN(C(=O)OC(C)(C)C)[C@@H]1CCN(c2ccc(Br)cc2)C1. The maximum absolute atomic E-state index is 12.1. The second kappa shape index (κ2) is 6.26. The molecular weight excluding hydrogens is 332 g/mol. The molecule has 1 aromatic rings. The summed E-state index contributed by atoms with van der Waals surface area (Å²) in [6.07, 6.45) is 0.719. The maximum Gasteiger partial charge on any atom is 0.410 e. The second-order valence-electron chi connectivity index (χ2n) is 6.46. The van der Waals surface area contributed by atoms with E-state index in [0.29, 0.717) is 0 Å². The average molecular weight is 355 g/mol. The molecule has 1 saturated heterocycles. The largest absolute Gasteiger partial charge is 0.444 e. The van der Waals surface area contributed by atoms with Crippen molar-refractivity contribution < 1.29 is 9.53 Å². The molecule has 0 bridgehead atoms. The maximum atomic E-state index is 12.1. The number of rotatable bonds is 2. The van der Waals surface area contributed by atoms with E-state index >= 15 is 0 Å². The molecule has 1 amide bonds. The normalized spacial score (nSPS) is 18.7. The smallest absolute Gasteiger partial charge is 0.410 e. The van der Waals surface area contributed by atoms with Crippen molar-refractivity contribution >= 4 is 27.7 Å². The first-order chi connectivity index (χ1) is 9.76. The third-order valence-corrected chi connectivity index (χ3v) is 4.11. The zero-order valence-corrected chi connectivity index (χ0v) is 14.7. The molecule has 0 aromatic heterocycles. The first-order valence-corrected chi connectivity index (χ1v) is 8.02. The average Bonchev–Trinajstić information content (AvgIpc) is 2.86. The fourth-order valence-corrected chi connectivity index (χ4v) is 2.69. The van der Waals surface area contributed by atoms with Crippen molar-refractivity contribution in [3.8, 4) is 0 Å². The molecule has 5 heteroatoms. The highest BCUT2D eigenvalue weighted by molar-refractivity contribution is 9.10. The Bertz CT molecular complexity index is 496. The van der Waals surface area contributed by atoms with Crippen molar-refractivity contribution in [1.29, 1.82) is 0 Å². The molecule has 1 heterocycles. The van der Waals surface area contributed by atoms with Crippen molar-refractivity contribution in [1.82, 2.24) is 4.90 Å². The van der Waals surface area contributed by atoms with Crippen LogP contribution in [0.2, 0.25) is 0 Å². The monoisotopic (exact) mass is 354 g/mol. The molecule has 116 valence electrons. The molecule has 0 N–H and O–H groups in total. The van der Waals surface area contributed by atoms with E-state index in [4.69, 9.17) is 4.74 Å². The predicted molar refractivity (Wildman–Crippen MR) is 88.8 cm³/mol. The molecule has 2 rings (SSSR count). The van der Waals surface area contributed by atoms with Crippen LogP contribution in [0.3, 0.4) is 0 Å². The second-order valence-corrected chi connectivity index (χ2v) is 7.37. The van der Waals surface area contributed by atoms with Crippen molar-refractivity contribution in [2.45, 2.75) is 38.8 Å². The summed E-state index contributed by atoms with van der Waals surface area (Å²) in [6.45, 7) is 7.47. The highest BCUT2D eigenvalue weighted by Gasteiger charge is 2.30. The number of hydrogen-bond acceptors (Lipinski definition) is 3. The first-order valence-electron chi connectivity index (χ1n) is 7.22. The summed E-state index contributed by atoms with van der Waals surface area (Å²) in [5, 5.41) is 0. The molecule has 1 fully saturated rings. The van der Waals surface area contributed by atoms with Crippen LogP contribution < -0.4 is 4.90 Å². The predicted octanol–water partition coefficient (Wildman–Crippen LogP) is 3.89. The van der Waals surface area contributed by atoms with Crippen LogP contribution in [0.15, 0.2) is 28.7 Å². The topological polar surface area (TPSA) is 32.8 Å². The molecule has 0 radical (unpaired) electrons. The number of halogens is 1. The van der Waals surface area contributed by atoms with Gasteiger partial charge in [0.2, 0.25) is 0 Å². The number of carbonyl (C=O) groups excluding carboxylic acids is 1. The summed E-state index contributed by atoms with van der Waals surface area (Å²) in [5.74, 6) is 0. The zero-order chi connectivity index (χ0) is 15.6. The molecule has 1 atom stereocenters. The van der Waals surface area contributed by atoms with Gasteiger partial charge in [-0.05, 0) is 51.5 Å². The highest BCUT2D eigenvalue weighted by atomic mass is 79.9. The number of likely N-dealkylation sites (N-methyl/N-ethyl adjacent to an activating group) is 1. The van der Waals surface area contributed by atoms with Crippen LogP contribution in [-0.4, -0.2) is 42.8 Å². The van der Waals surface area contributed by atoms with Crippen LogP contribution in [0.4, 0.5) is 10.5 Å². The van der Waals surface area contributed by atoms with Crippen LogP contribution in [-0.2, 0) is 4.74 Å². The number of nitrogens with zero attached hydrogens (tertiary/aromatic N) is 2. The number of carbonyl (C=O) groups is 1. The summed E-state index contributed by atoms with van der Waals surface area (Å²) in [7, 11) is 1.82. The van der Waals surface area contributed by atoms with Crippen molar-refractivity contribution in [2.75, 3.05) is 25.0 Å². The van der Waals surface area contributed by atoms with Gasteiger partial charge in [0.1, 0.15) is 5.60 Å². The van der Waals surface area contributed by atoms with Gasteiger partial charge in [0.05, 0.1) is 6.04 Å². The van der Waals surface area contributed by atoms with Gasteiger partial charge in [0.15, 0.2) is 0 Å². The van der Waals surface area contributed by atoms with Crippen molar-refractivity contribution in [3.63, 3.8) is 0 Å². The molecule has 1 aliphatic rings. The van der Waals surface area contributed by atoms with E-state index < -0.39 is 5.60 Å². The van der Waals surface area contributed by atoms with E-state index in [9.17, 15) is 4.79 Å². The van der Waals surface area contributed by atoms with E-state index in [1.807, 2.05) is 40.0 Å². The minimum atomic E-state index is -0.449. The Balaban J connectivity index is 1.95. The van der Waals surface area contributed by atoms with Crippen LogP contribution >= 0.6 is 15.9 Å². The molecule has 0 saturated carbocycles. The van der Waals surface area contributed by atoms with E-state index in [2.05, 4.69) is 33.0 Å². The summed E-state index contributed by atoms with van der Waals surface area (Å²) in [4.78, 5) is 16.1. The van der Waals surface area contributed by atoms with E-state index in [1.165, 1.54) is 5.69 Å². The quantitative estimate of drug-likeness (QED) is 0.807. The molecule has 0 spiro atoms. The first kappa shape index (κ1) is 16.1. The molecule has 21 heavy (non-hydrogen) atoms. The third kappa shape index (κ3) is 4.37. The van der Waals surface area contributed by atoms with Gasteiger partial charge in [0, 0.05) is 30.3 Å². The lowest BCUT2D eigenvalue weighted by molar-refractivity contribution is 0.0238. The lowest BCUT2D eigenvalue weighted by atomic mass is 10.2. The Kier molecular flexibility index (Phi) is 4.81. The summed E-state index contributed by atoms with van der Waals surface area (Å²) in [5.41, 5.74) is 0.744. The van der Waals surface area contributed by atoms with Crippen LogP contribution in [0.5, 0.6) is 0 Å². The summed E-state index contributed by atoms with van der Waals surface area (Å²) in [6, 6.07) is 8.48. The summed E-state index contributed by atoms with van der Waals surface area (Å²) >= 11 is 3.45. The van der Waals surface area contributed by atoms with Gasteiger partial charge < -0.3 is 14.5 Å². The molecule has 0 unspecified atom stereocenters. The van der Waals surface area contributed by atoms with E-state index in [-0.39, 0.29) is 12.1 Å². The molecule has 1 aliphatic heterocycles. The van der Waals surface area contributed by atoms with Crippen LogP contribution in [0.25, 0.3) is 0 Å². The fourth-order valence-electron chi connectivity index (χ4n) is 2.43. The Labute approximate surface area is 135 Å². The van der Waals surface area contributed by atoms with Crippen LogP contribution in [0, 0.1) is 0 Å². The van der Waals surface area contributed by atoms with Gasteiger partial charge in [0.25, 0.3) is 0 Å². The van der Waals surface area contributed by atoms with E-state index in [1.54, 1.807) is 4.90 Å².